The van der Waals surface area contributed by atoms with Crippen LogP contribution in [0.25, 0.3) is 10.9 Å². The van der Waals surface area contributed by atoms with E-state index >= 15 is 0 Å². The number of nitrogen functional groups attached to an aromatic ring is 1. The molecule has 1 aromatic heterocycles. The number of rotatable bonds is 2. The molecule has 96 valence electrons. The first-order valence-electron chi connectivity index (χ1n) is 5.77. The molecule has 0 aliphatic heterocycles. The first-order valence-corrected chi connectivity index (χ1v) is 7.21. The summed E-state index contributed by atoms with van der Waals surface area (Å²) in [5, 5.41) is 0.805. The minimum absolute atomic E-state index is 0.246. The molecule has 0 radical (unpaired) electrons. The molecule has 0 aliphatic carbocycles. The lowest BCUT2D eigenvalue weighted by atomic mass is 10.2. The number of hydrogen-bond donors (Lipinski definition) is 1. The SMILES string of the molecule is Nc1cccc2ccn(S(=O)(=O)c3ccccc3)c12. The summed E-state index contributed by atoms with van der Waals surface area (Å²) in [5.41, 5.74) is 6.86. The van der Waals surface area contributed by atoms with Crippen molar-refractivity contribution in [2.75, 3.05) is 5.73 Å². The number of anilines is 1. The molecule has 0 aliphatic rings. The number of aromatic nitrogens is 1. The van der Waals surface area contributed by atoms with E-state index in [1.165, 1.54) is 10.2 Å². The maximum absolute atomic E-state index is 12.6. The van der Waals surface area contributed by atoms with Crippen molar-refractivity contribution < 1.29 is 8.42 Å². The van der Waals surface area contributed by atoms with Gasteiger partial charge in [0.25, 0.3) is 10.0 Å². The molecule has 5 heteroatoms. The van der Waals surface area contributed by atoms with Crippen molar-refractivity contribution in [2.24, 2.45) is 0 Å². The van der Waals surface area contributed by atoms with E-state index < -0.39 is 10.0 Å². The largest absolute Gasteiger partial charge is 0.397 e. The van der Waals surface area contributed by atoms with Crippen molar-refractivity contribution in [1.82, 2.24) is 3.97 Å². The molecule has 0 atom stereocenters. The van der Waals surface area contributed by atoms with Gasteiger partial charge in [-0.3, -0.25) is 0 Å². The van der Waals surface area contributed by atoms with E-state index in [0.717, 1.165) is 5.39 Å². The van der Waals surface area contributed by atoms with Crippen LogP contribution < -0.4 is 5.73 Å². The monoisotopic (exact) mass is 272 g/mol. The van der Waals surface area contributed by atoms with Crippen LogP contribution in [0.1, 0.15) is 0 Å². The molecule has 2 N–H and O–H groups in total. The fourth-order valence-corrected chi connectivity index (χ4v) is 3.50. The maximum Gasteiger partial charge on any atom is 0.268 e. The summed E-state index contributed by atoms with van der Waals surface area (Å²) < 4.78 is 26.4. The van der Waals surface area contributed by atoms with E-state index in [4.69, 9.17) is 5.73 Å². The highest BCUT2D eigenvalue weighted by Gasteiger charge is 2.19. The zero-order valence-electron chi connectivity index (χ0n) is 10.0. The number of nitrogens with zero attached hydrogens (tertiary/aromatic N) is 1. The molecule has 0 unspecified atom stereocenters. The Morgan fingerprint density at radius 3 is 2.37 bits per heavy atom. The molecule has 19 heavy (non-hydrogen) atoms. The molecule has 0 saturated carbocycles. The van der Waals surface area contributed by atoms with Gasteiger partial charge in [-0.1, -0.05) is 30.3 Å². The van der Waals surface area contributed by atoms with Crippen molar-refractivity contribution in [2.45, 2.75) is 4.90 Å². The molecular weight excluding hydrogens is 260 g/mol. The standard InChI is InChI=1S/C14H12N2O2S/c15-13-8-4-5-11-9-10-16(14(11)13)19(17,18)12-6-2-1-3-7-12/h1-10H,15H2. The first-order chi connectivity index (χ1) is 9.10. The highest BCUT2D eigenvalue weighted by Crippen LogP contribution is 2.26. The van der Waals surface area contributed by atoms with Gasteiger partial charge in [0, 0.05) is 11.6 Å². The molecule has 4 nitrogen and oxygen atoms in total. The van der Waals surface area contributed by atoms with Crippen LogP contribution in [0.5, 0.6) is 0 Å². The Labute approximate surface area is 111 Å². The lowest BCUT2D eigenvalue weighted by Gasteiger charge is -2.08. The van der Waals surface area contributed by atoms with Crippen molar-refractivity contribution >= 4 is 26.6 Å². The molecule has 3 aromatic rings. The second kappa shape index (κ2) is 4.13. The second-order valence-corrected chi connectivity index (χ2v) is 6.03. The fraction of sp³-hybridized carbons (Fsp3) is 0. The molecular formula is C14H12N2O2S. The minimum Gasteiger partial charge on any atom is -0.397 e. The second-order valence-electron chi connectivity index (χ2n) is 4.21. The van der Waals surface area contributed by atoms with Gasteiger partial charge in [-0.15, -0.1) is 0 Å². The highest BCUT2D eigenvalue weighted by atomic mass is 32.2. The summed E-state index contributed by atoms with van der Waals surface area (Å²) in [6.07, 6.45) is 1.53. The van der Waals surface area contributed by atoms with Gasteiger partial charge >= 0.3 is 0 Å². The first kappa shape index (κ1) is 11.8. The normalized spacial score (nSPS) is 11.8. The Morgan fingerprint density at radius 1 is 0.895 bits per heavy atom. The lowest BCUT2D eigenvalue weighted by molar-refractivity contribution is 0.589. The van der Waals surface area contributed by atoms with E-state index in [2.05, 4.69) is 0 Å². The predicted molar refractivity (Wildman–Crippen MR) is 75.4 cm³/mol. The van der Waals surface area contributed by atoms with Crippen molar-refractivity contribution in [3.8, 4) is 0 Å². The van der Waals surface area contributed by atoms with E-state index in [1.54, 1.807) is 48.5 Å². The third kappa shape index (κ3) is 1.79. The van der Waals surface area contributed by atoms with Crippen molar-refractivity contribution in [3.05, 3.63) is 60.8 Å². The summed E-state index contributed by atoms with van der Waals surface area (Å²) in [6.45, 7) is 0. The topological polar surface area (TPSA) is 65.1 Å². The summed E-state index contributed by atoms with van der Waals surface area (Å²) in [5.74, 6) is 0. The van der Waals surface area contributed by atoms with Gasteiger partial charge in [0.05, 0.1) is 16.1 Å². The molecule has 0 fully saturated rings. The number of hydrogen-bond acceptors (Lipinski definition) is 3. The smallest absolute Gasteiger partial charge is 0.268 e. The average molecular weight is 272 g/mol. The number of fused-ring (bicyclic) bond motifs is 1. The van der Waals surface area contributed by atoms with E-state index in [0.29, 0.717) is 11.2 Å². The van der Waals surface area contributed by atoms with Crippen LogP contribution in [0.15, 0.2) is 65.7 Å². The van der Waals surface area contributed by atoms with Gasteiger partial charge < -0.3 is 5.73 Å². The summed E-state index contributed by atoms with van der Waals surface area (Å²) in [7, 11) is -3.61. The number of para-hydroxylation sites is 1. The Hall–Kier alpha value is -2.27. The van der Waals surface area contributed by atoms with Crippen LogP contribution in [0.4, 0.5) is 5.69 Å². The van der Waals surface area contributed by atoms with Crippen LogP contribution in [-0.2, 0) is 10.0 Å². The predicted octanol–water partition coefficient (Wildman–Crippen LogP) is 2.46. The summed E-state index contributed by atoms with van der Waals surface area (Å²) >= 11 is 0. The Kier molecular flexibility index (Phi) is 2.57. The Balaban J connectivity index is 2.31. The number of benzene rings is 2. The molecule has 1 heterocycles. The Bertz CT molecular complexity index is 836. The fourth-order valence-electron chi connectivity index (χ4n) is 2.10. The van der Waals surface area contributed by atoms with Crippen LogP contribution >= 0.6 is 0 Å². The van der Waals surface area contributed by atoms with Crippen molar-refractivity contribution in [3.63, 3.8) is 0 Å². The summed E-state index contributed by atoms with van der Waals surface area (Å²) in [6, 6.07) is 15.4. The van der Waals surface area contributed by atoms with Gasteiger partial charge in [0.2, 0.25) is 0 Å². The van der Waals surface area contributed by atoms with Gasteiger partial charge in [-0.25, -0.2) is 12.4 Å². The zero-order valence-corrected chi connectivity index (χ0v) is 10.8. The van der Waals surface area contributed by atoms with E-state index in [1.807, 2.05) is 6.07 Å². The number of nitrogens with two attached hydrogens (primary N) is 1. The summed E-state index contributed by atoms with van der Waals surface area (Å²) in [4.78, 5) is 0.246. The molecule has 2 aromatic carbocycles. The van der Waals surface area contributed by atoms with Gasteiger partial charge in [0.1, 0.15) is 0 Å². The molecule has 0 spiro atoms. The molecule has 0 bridgehead atoms. The molecule has 0 amide bonds. The van der Waals surface area contributed by atoms with Gasteiger partial charge in [-0.2, -0.15) is 0 Å². The molecule has 0 saturated heterocycles. The van der Waals surface area contributed by atoms with E-state index in [9.17, 15) is 8.42 Å². The van der Waals surface area contributed by atoms with Crippen LogP contribution in [-0.4, -0.2) is 12.4 Å². The van der Waals surface area contributed by atoms with Crippen LogP contribution in [0, 0.1) is 0 Å². The Morgan fingerprint density at radius 2 is 1.63 bits per heavy atom. The third-order valence-electron chi connectivity index (χ3n) is 3.01. The van der Waals surface area contributed by atoms with Crippen molar-refractivity contribution in [1.29, 1.82) is 0 Å². The van der Waals surface area contributed by atoms with Gasteiger partial charge in [-0.05, 0) is 24.3 Å². The van der Waals surface area contributed by atoms with Crippen LogP contribution in [0.2, 0.25) is 0 Å². The zero-order chi connectivity index (χ0) is 13.5. The average Bonchev–Trinajstić information content (AvgIpc) is 2.86. The molecule has 3 rings (SSSR count). The lowest BCUT2D eigenvalue weighted by Crippen LogP contribution is -2.12. The third-order valence-corrected chi connectivity index (χ3v) is 4.70. The van der Waals surface area contributed by atoms with Crippen LogP contribution in [0.3, 0.4) is 0 Å². The maximum atomic E-state index is 12.6. The minimum atomic E-state index is -3.61. The highest BCUT2D eigenvalue weighted by molar-refractivity contribution is 7.90. The quantitative estimate of drug-likeness (QED) is 0.729. The van der Waals surface area contributed by atoms with Gasteiger partial charge in [0.15, 0.2) is 0 Å². The van der Waals surface area contributed by atoms with E-state index in [-0.39, 0.29) is 4.90 Å².